The van der Waals surface area contributed by atoms with Crippen molar-refractivity contribution >= 4 is 33.7 Å². The Balaban J connectivity index is 2.03. The summed E-state index contributed by atoms with van der Waals surface area (Å²) in [7, 11) is 3.58. The van der Waals surface area contributed by atoms with Crippen molar-refractivity contribution in [1.82, 2.24) is 0 Å². The number of nitro groups is 1. The molecular weight excluding hydrogens is 318 g/mol. The summed E-state index contributed by atoms with van der Waals surface area (Å²) < 4.78 is 0. The summed E-state index contributed by atoms with van der Waals surface area (Å²) in [6, 6.07) is 17.6. The second-order valence-electron chi connectivity index (χ2n) is 5.83. The molecule has 0 spiro atoms. The van der Waals surface area contributed by atoms with Gasteiger partial charge in [-0.3, -0.25) is 14.9 Å². The van der Waals surface area contributed by atoms with E-state index in [1.54, 1.807) is 25.1 Å². The summed E-state index contributed by atoms with van der Waals surface area (Å²) in [5.74, 6) is -0.385. The van der Waals surface area contributed by atoms with Gasteiger partial charge in [0.1, 0.15) is 0 Å². The third-order valence-corrected chi connectivity index (χ3v) is 3.96. The number of amides is 1. The van der Waals surface area contributed by atoms with Crippen LogP contribution < -0.4 is 10.2 Å². The lowest BCUT2D eigenvalue weighted by molar-refractivity contribution is -0.384. The first-order valence-corrected chi connectivity index (χ1v) is 7.72. The highest BCUT2D eigenvalue weighted by molar-refractivity contribution is 6.12. The lowest BCUT2D eigenvalue weighted by atomic mass is 10.1. The van der Waals surface area contributed by atoms with E-state index < -0.39 is 4.92 Å². The number of carbonyl (C=O) groups excluding carboxylic acids is 1. The fraction of sp³-hybridized carbons (Fsp3) is 0.105. The molecule has 0 radical (unpaired) electrons. The maximum absolute atomic E-state index is 12.8. The maximum atomic E-state index is 12.8. The van der Waals surface area contributed by atoms with Crippen molar-refractivity contribution in [3.05, 3.63) is 76.3 Å². The molecule has 1 amide bonds. The van der Waals surface area contributed by atoms with Crippen LogP contribution in [0.4, 0.5) is 17.1 Å². The van der Waals surface area contributed by atoms with Gasteiger partial charge in [0.15, 0.2) is 0 Å². The van der Waals surface area contributed by atoms with Gasteiger partial charge in [0.25, 0.3) is 11.6 Å². The average molecular weight is 335 g/mol. The molecule has 0 aliphatic heterocycles. The highest BCUT2D eigenvalue weighted by Crippen LogP contribution is 2.27. The van der Waals surface area contributed by atoms with Crippen molar-refractivity contribution in [2.45, 2.75) is 0 Å². The first-order valence-electron chi connectivity index (χ1n) is 7.72. The van der Waals surface area contributed by atoms with E-state index in [0.29, 0.717) is 11.4 Å². The van der Waals surface area contributed by atoms with Gasteiger partial charge in [0.2, 0.25) is 0 Å². The van der Waals surface area contributed by atoms with E-state index in [9.17, 15) is 14.9 Å². The monoisotopic (exact) mass is 335 g/mol. The molecule has 3 aromatic rings. The van der Waals surface area contributed by atoms with Crippen LogP contribution in [0.25, 0.3) is 10.8 Å². The number of benzene rings is 3. The van der Waals surface area contributed by atoms with Gasteiger partial charge in [0.05, 0.1) is 10.5 Å². The molecule has 0 atom stereocenters. The predicted octanol–water partition coefficient (Wildman–Crippen LogP) is 4.07. The predicted molar refractivity (Wildman–Crippen MR) is 99.3 cm³/mol. The third-order valence-electron chi connectivity index (χ3n) is 3.96. The Morgan fingerprint density at radius 3 is 2.48 bits per heavy atom. The summed E-state index contributed by atoms with van der Waals surface area (Å²) in [4.78, 5) is 25.1. The molecule has 0 aliphatic carbocycles. The molecule has 126 valence electrons. The number of hydrogen-bond acceptors (Lipinski definition) is 4. The highest BCUT2D eigenvalue weighted by Gasteiger charge is 2.18. The lowest BCUT2D eigenvalue weighted by Gasteiger charge is -2.17. The van der Waals surface area contributed by atoms with Crippen LogP contribution in [0.3, 0.4) is 0 Å². The largest absolute Gasteiger partial charge is 0.377 e. The van der Waals surface area contributed by atoms with Gasteiger partial charge in [-0.2, -0.15) is 0 Å². The minimum absolute atomic E-state index is 0.117. The number of nitrogens with one attached hydrogen (secondary N) is 1. The Morgan fingerprint density at radius 1 is 1.04 bits per heavy atom. The number of anilines is 2. The van der Waals surface area contributed by atoms with Gasteiger partial charge in [0, 0.05) is 43.0 Å². The molecule has 0 bridgehead atoms. The Kier molecular flexibility index (Phi) is 4.35. The molecular formula is C19H17N3O3. The molecule has 0 heterocycles. The summed E-state index contributed by atoms with van der Waals surface area (Å²) in [5.41, 5.74) is 1.42. The number of non-ortho nitro benzene ring substituents is 1. The van der Waals surface area contributed by atoms with Crippen molar-refractivity contribution in [2.75, 3.05) is 24.3 Å². The zero-order valence-corrected chi connectivity index (χ0v) is 13.9. The molecule has 6 nitrogen and oxygen atoms in total. The number of nitro benzene ring substituents is 1. The van der Waals surface area contributed by atoms with E-state index in [2.05, 4.69) is 5.32 Å². The minimum Gasteiger partial charge on any atom is -0.377 e. The molecule has 0 saturated heterocycles. The van der Waals surface area contributed by atoms with Gasteiger partial charge in [-0.25, -0.2) is 0 Å². The quantitative estimate of drug-likeness (QED) is 0.576. The number of nitrogens with zero attached hydrogens (tertiary/aromatic N) is 2. The molecule has 0 saturated carbocycles. The molecule has 6 heteroatoms. The Labute approximate surface area is 144 Å². The summed E-state index contributed by atoms with van der Waals surface area (Å²) >= 11 is 0. The molecule has 0 aliphatic rings. The summed E-state index contributed by atoms with van der Waals surface area (Å²) in [6.45, 7) is 0. The molecule has 3 aromatic carbocycles. The van der Waals surface area contributed by atoms with Gasteiger partial charge in [-0.1, -0.05) is 36.4 Å². The number of rotatable bonds is 4. The first-order chi connectivity index (χ1) is 12.0. The molecule has 0 unspecified atom stereocenters. The van der Waals surface area contributed by atoms with Crippen LogP contribution in [-0.4, -0.2) is 24.9 Å². The van der Waals surface area contributed by atoms with Gasteiger partial charge in [-0.15, -0.1) is 0 Å². The zero-order chi connectivity index (χ0) is 18.0. The molecule has 1 N–H and O–H groups in total. The lowest BCUT2D eigenvalue weighted by Crippen LogP contribution is -2.19. The van der Waals surface area contributed by atoms with Crippen LogP contribution in [0.15, 0.2) is 60.7 Å². The third kappa shape index (κ3) is 3.28. The number of fused-ring (bicyclic) bond motifs is 1. The van der Waals surface area contributed by atoms with Gasteiger partial charge >= 0.3 is 0 Å². The molecule has 3 rings (SSSR count). The minimum atomic E-state index is -0.506. The van der Waals surface area contributed by atoms with Crippen molar-refractivity contribution in [3.8, 4) is 0 Å². The van der Waals surface area contributed by atoms with E-state index >= 15 is 0 Å². The van der Waals surface area contributed by atoms with Crippen LogP contribution in [0, 0.1) is 10.1 Å². The second kappa shape index (κ2) is 6.60. The van der Waals surface area contributed by atoms with Crippen LogP contribution in [-0.2, 0) is 0 Å². The van der Waals surface area contributed by atoms with Crippen molar-refractivity contribution in [1.29, 1.82) is 0 Å². The van der Waals surface area contributed by atoms with Crippen LogP contribution in [0.1, 0.15) is 10.4 Å². The van der Waals surface area contributed by atoms with Crippen LogP contribution in [0.5, 0.6) is 0 Å². The Morgan fingerprint density at radius 2 is 1.76 bits per heavy atom. The first kappa shape index (κ1) is 16.4. The molecule has 0 fully saturated rings. The van der Waals surface area contributed by atoms with Crippen molar-refractivity contribution in [3.63, 3.8) is 0 Å². The zero-order valence-electron chi connectivity index (χ0n) is 13.9. The fourth-order valence-corrected chi connectivity index (χ4v) is 2.73. The maximum Gasteiger partial charge on any atom is 0.270 e. The standard InChI is InChI=1S/C19H17N3O3/c1-21(2)18-11-10-14(22(24)25)12-16(18)19(23)20-17-9-5-7-13-6-3-4-8-15(13)17/h3-12H,1-2H3,(H,20,23). The van der Waals surface area contributed by atoms with E-state index in [4.69, 9.17) is 0 Å². The summed E-state index contributed by atoms with van der Waals surface area (Å²) in [6.07, 6.45) is 0. The highest BCUT2D eigenvalue weighted by atomic mass is 16.6. The topological polar surface area (TPSA) is 75.5 Å². The fourth-order valence-electron chi connectivity index (χ4n) is 2.73. The van der Waals surface area contributed by atoms with Crippen molar-refractivity contribution < 1.29 is 9.72 Å². The van der Waals surface area contributed by atoms with Crippen molar-refractivity contribution in [2.24, 2.45) is 0 Å². The average Bonchev–Trinajstić information content (AvgIpc) is 2.61. The van der Waals surface area contributed by atoms with E-state index in [0.717, 1.165) is 10.8 Å². The van der Waals surface area contributed by atoms with Gasteiger partial charge in [-0.05, 0) is 17.5 Å². The molecule has 0 aromatic heterocycles. The van der Waals surface area contributed by atoms with Crippen LogP contribution >= 0.6 is 0 Å². The Bertz CT molecular complexity index is 962. The molecule has 25 heavy (non-hydrogen) atoms. The second-order valence-corrected chi connectivity index (χ2v) is 5.83. The summed E-state index contributed by atoms with van der Waals surface area (Å²) in [5, 5.41) is 15.8. The smallest absolute Gasteiger partial charge is 0.270 e. The SMILES string of the molecule is CN(C)c1ccc([N+](=O)[O-])cc1C(=O)Nc1cccc2ccccc12. The Hall–Kier alpha value is -3.41. The normalized spacial score (nSPS) is 10.5. The van der Waals surface area contributed by atoms with Gasteiger partial charge < -0.3 is 10.2 Å². The van der Waals surface area contributed by atoms with E-state index in [1.807, 2.05) is 42.5 Å². The van der Waals surface area contributed by atoms with E-state index in [1.165, 1.54) is 12.1 Å². The van der Waals surface area contributed by atoms with Crippen LogP contribution in [0.2, 0.25) is 0 Å². The number of carbonyl (C=O) groups is 1. The number of hydrogen-bond donors (Lipinski definition) is 1. The van der Waals surface area contributed by atoms with E-state index in [-0.39, 0.29) is 17.2 Å².